The summed E-state index contributed by atoms with van der Waals surface area (Å²) in [5, 5.41) is 2.39. The number of pyridine rings is 1. The van der Waals surface area contributed by atoms with Gasteiger partial charge in [0.2, 0.25) is 0 Å². The number of hydrogen-bond acceptors (Lipinski definition) is 2. The van der Waals surface area contributed by atoms with Crippen molar-refractivity contribution < 1.29 is 18.0 Å². The molecule has 1 aromatic carbocycles. The fourth-order valence-electron chi connectivity index (χ4n) is 1.54. The summed E-state index contributed by atoms with van der Waals surface area (Å²) < 4.78 is 37.7. The molecule has 0 unspecified atom stereocenters. The zero-order valence-electron chi connectivity index (χ0n) is 10.2. The van der Waals surface area contributed by atoms with Gasteiger partial charge >= 0.3 is 6.18 Å². The number of benzene rings is 1. The van der Waals surface area contributed by atoms with Crippen LogP contribution in [0.2, 0.25) is 10.2 Å². The van der Waals surface area contributed by atoms with E-state index >= 15 is 0 Å². The molecule has 0 atom stereocenters. The molecular formula is C13H7Cl2F3N2O. The standard InChI is InChI=1S/C13H7Cl2F3N2O/c14-9-4-5-10(15)20-11(9)12(21)19-8-3-1-2-7(6-8)13(16,17)18/h1-6H,(H,19,21). The number of nitrogens with one attached hydrogen (secondary N) is 1. The first-order valence-corrected chi connectivity index (χ1v) is 6.33. The minimum atomic E-state index is -4.49. The summed E-state index contributed by atoms with van der Waals surface area (Å²) in [7, 11) is 0. The van der Waals surface area contributed by atoms with E-state index in [2.05, 4.69) is 10.3 Å². The Bertz CT molecular complexity index is 689. The zero-order valence-corrected chi connectivity index (χ0v) is 11.7. The molecule has 0 aliphatic rings. The number of amides is 1. The molecule has 0 saturated carbocycles. The lowest BCUT2D eigenvalue weighted by Crippen LogP contribution is -2.15. The maximum Gasteiger partial charge on any atom is 0.416 e. The van der Waals surface area contributed by atoms with Crippen LogP contribution >= 0.6 is 23.2 Å². The van der Waals surface area contributed by atoms with Gasteiger partial charge in [-0.1, -0.05) is 29.3 Å². The van der Waals surface area contributed by atoms with Crippen LogP contribution in [0.15, 0.2) is 36.4 Å². The van der Waals surface area contributed by atoms with Gasteiger partial charge in [-0.15, -0.1) is 0 Å². The van der Waals surface area contributed by atoms with Crippen molar-refractivity contribution in [2.75, 3.05) is 5.32 Å². The summed E-state index contributed by atoms with van der Waals surface area (Å²) in [6.07, 6.45) is -4.49. The summed E-state index contributed by atoms with van der Waals surface area (Å²) in [4.78, 5) is 15.7. The van der Waals surface area contributed by atoms with E-state index < -0.39 is 17.6 Å². The number of carbonyl (C=O) groups is 1. The van der Waals surface area contributed by atoms with Crippen molar-refractivity contribution in [3.05, 3.63) is 57.8 Å². The van der Waals surface area contributed by atoms with Gasteiger partial charge < -0.3 is 5.32 Å². The maximum absolute atomic E-state index is 12.6. The van der Waals surface area contributed by atoms with Crippen LogP contribution in [0.25, 0.3) is 0 Å². The molecule has 1 heterocycles. The van der Waals surface area contributed by atoms with Crippen molar-refractivity contribution in [1.29, 1.82) is 0 Å². The summed E-state index contributed by atoms with van der Waals surface area (Å²) in [5.41, 5.74) is -1.06. The average molecular weight is 335 g/mol. The predicted octanol–water partition coefficient (Wildman–Crippen LogP) is 4.66. The van der Waals surface area contributed by atoms with Gasteiger partial charge in [-0.25, -0.2) is 4.98 Å². The number of rotatable bonds is 2. The van der Waals surface area contributed by atoms with E-state index in [0.29, 0.717) is 0 Å². The monoisotopic (exact) mass is 334 g/mol. The van der Waals surface area contributed by atoms with Crippen molar-refractivity contribution in [2.24, 2.45) is 0 Å². The fraction of sp³-hybridized carbons (Fsp3) is 0.0769. The molecule has 1 amide bonds. The third-order valence-electron chi connectivity index (χ3n) is 2.47. The Hall–Kier alpha value is -1.79. The molecule has 1 aromatic heterocycles. The first kappa shape index (κ1) is 15.6. The first-order chi connectivity index (χ1) is 9.77. The second-order valence-corrected chi connectivity index (χ2v) is 4.79. The molecule has 2 rings (SSSR count). The lowest BCUT2D eigenvalue weighted by molar-refractivity contribution is -0.137. The normalized spacial score (nSPS) is 11.3. The van der Waals surface area contributed by atoms with Gasteiger partial charge in [0.1, 0.15) is 10.8 Å². The average Bonchev–Trinajstić information content (AvgIpc) is 2.41. The van der Waals surface area contributed by atoms with Crippen LogP contribution in [0, 0.1) is 0 Å². The van der Waals surface area contributed by atoms with Gasteiger partial charge in [0.25, 0.3) is 5.91 Å². The van der Waals surface area contributed by atoms with Crippen LogP contribution in [-0.2, 0) is 6.18 Å². The molecule has 0 aliphatic heterocycles. The minimum Gasteiger partial charge on any atom is -0.321 e. The Morgan fingerprint density at radius 2 is 1.86 bits per heavy atom. The van der Waals surface area contributed by atoms with Gasteiger partial charge in [-0.3, -0.25) is 4.79 Å². The third-order valence-corrected chi connectivity index (χ3v) is 2.99. The lowest BCUT2D eigenvalue weighted by Gasteiger charge is -2.10. The van der Waals surface area contributed by atoms with Crippen molar-refractivity contribution in [2.45, 2.75) is 6.18 Å². The highest BCUT2D eigenvalue weighted by atomic mass is 35.5. The van der Waals surface area contributed by atoms with Gasteiger partial charge in [0.15, 0.2) is 0 Å². The maximum atomic E-state index is 12.6. The minimum absolute atomic E-state index is 0.0207. The summed E-state index contributed by atoms with van der Waals surface area (Å²) in [6, 6.07) is 7.00. The highest BCUT2D eigenvalue weighted by Crippen LogP contribution is 2.30. The van der Waals surface area contributed by atoms with Crippen molar-refractivity contribution >= 4 is 34.8 Å². The highest BCUT2D eigenvalue weighted by Gasteiger charge is 2.30. The SMILES string of the molecule is O=C(Nc1cccc(C(F)(F)F)c1)c1nc(Cl)ccc1Cl. The Morgan fingerprint density at radius 3 is 2.52 bits per heavy atom. The Balaban J connectivity index is 2.26. The molecule has 0 saturated heterocycles. The Labute approximate surface area is 127 Å². The van der Waals surface area contributed by atoms with Gasteiger partial charge in [0, 0.05) is 5.69 Å². The number of alkyl halides is 3. The molecule has 0 aliphatic carbocycles. The number of carbonyl (C=O) groups excluding carboxylic acids is 1. The number of anilines is 1. The van der Waals surface area contributed by atoms with Crippen LogP contribution in [0.5, 0.6) is 0 Å². The smallest absolute Gasteiger partial charge is 0.321 e. The molecule has 3 nitrogen and oxygen atoms in total. The van der Waals surface area contributed by atoms with Gasteiger partial charge in [-0.2, -0.15) is 13.2 Å². The Morgan fingerprint density at radius 1 is 1.14 bits per heavy atom. The quantitative estimate of drug-likeness (QED) is 0.811. The molecule has 110 valence electrons. The second-order valence-electron chi connectivity index (χ2n) is 4.00. The van der Waals surface area contributed by atoms with Crippen molar-refractivity contribution in [3.63, 3.8) is 0 Å². The molecule has 0 fully saturated rings. The number of aromatic nitrogens is 1. The van der Waals surface area contributed by atoms with Crippen LogP contribution in [0.3, 0.4) is 0 Å². The third kappa shape index (κ3) is 3.86. The van der Waals surface area contributed by atoms with Crippen LogP contribution < -0.4 is 5.32 Å². The fourth-order valence-corrected chi connectivity index (χ4v) is 1.88. The van der Waals surface area contributed by atoms with Crippen LogP contribution in [0.1, 0.15) is 16.1 Å². The van der Waals surface area contributed by atoms with E-state index in [4.69, 9.17) is 23.2 Å². The zero-order chi connectivity index (χ0) is 15.6. The van der Waals surface area contributed by atoms with E-state index in [1.165, 1.54) is 24.3 Å². The van der Waals surface area contributed by atoms with E-state index in [0.717, 1.165) is 12.1 Å². The highest BCUT2D eigenvalue weighted by molar-refractivity contribution is 6.35. The molecule has 0 radical (unpaired) electrons. The predicted molar refractivity (Wildman–Crippen MR) is 73.7 cm³/mol. The number of halogens is 5. The Kier molecular flexibility index (Phi) is 4.39. The van der Waals surface area contributed by atoms with Crippen LogP contribution in [0.4, 0.5) is 18.9 Å². The van der Waals surface area contributed by atoms with E-state index in [-0.39, 0.29) is 21.6 Å². The number of nitrogens with zero attached hydrogens (tertiary/aromatic N) is 1. The largest absolute Gasteiger partial charge is 0.416 e. The van der Waals surface area contributed by atoms with Crippen molar-refractivity contribution in [3.8, 4) is 0 Å². The topological polar surface area (TPSA) is 42.0 Å². The first-order valence-electron chi connectivity index (χ1n) is 5.58. The van der Waals surface area contributed by atoms with E-state index in [1.54, 1.807) is 0 Å². The van der Waals surface area contributed by atoms with Gasteiger partial charge in [-0.05, 0) is 30.3 Å². The lowest BCUT2D eigenvalue weighted by atomic mass is 10.2. The summed E-state index contributed by atoms with van der Waals surface area (Å²) in [5.74, 6) is -0.748. The molecule has 0 spiro atoms. The van der Waals surface area contributed by atoms with Crippen LogP contribution in [-0.4, -0.2) is 10.9 Å². The molecule has 0 bridgehead atoms. The summed E-state index contributed by atoms with van der Waals surface area (Å²) in [6.45, 7) is 0. The van der Waals surface area contributed by atoms with E-state index in [1.807, 2.05) is 0 Å². The van der Waals surface area contributed by atoms with Gasteiger partial charge in [0.05, 0.1) is 10.6 Å². The summed E-state index contributed by atoms with van der Waals surface area (Å²) >= 11 is 11.4. The molecule has 21 heavy (non-hydrogen) atoms. The molecule has 2 aromatic rings. The molecular weight excluding hydrogens is 328 g/mol. The van der Waals surface area contributed by atoms with E-state index in [9.17, 15) is 18.0 Å². The molecule has 1 N–H and O–H groups in total. The number of hydrogen-bond donors (Lipinski definition) is 1. The second kappa shape index (κ2) is 5.91. The van der Waals surface area contributed by atoms with Crippen molar-refractivity contribution in [1.82, 2.24) is 4.98 Å². The molecule has 8 heteroatoms.